The van der Waals surface area contributed by atoms with E-state index >= 15 is 0 Å². The molecule has 0 bridgehead atoms. The van der Waals surface area contributed by atoms with E-state index in [2.05, 4.69) is 26.8 Å². The van der Waals surface area contributed by atoms with Gasteiger partial charge in [-0.3, -0.25) is 4.57 Å². The lowest BCUT2D eigenvalue weighted by molar-refractivity contribution is -0.0207. The number of aliphatic hydroxyl groups excluding tert-OH is 1. The van der Waals surface area contributed by atoms with Crippen LogP contribution in [0.4, 0.5) is 5.82 Å². The molecular formula is C14H17N5O2. The number of aromatic nitrogens is 4. The SMILES string of the molecule is CCC#Cc1nc(N)c2ncn(C3CCC(CO)O3)c2n1. The highest BCUT2D eigenvalue weighted by Gasteiger charge is 2.27. The van der Waals surface area contributed by atoms with Gasteiger partial charge in [0.2, 0.25) is 5.82 Å². The molecule has 2 atom stereocenters. The van der Waals surface area contributed by atoms with Crippen LogP contribution in [0.5, 0.6) is 0 Å². The number of ether oxygens (including phenoxy) is 1. The third-order valence-corrected chi connectivity index (χ3v) is 3.42. The Hall–Kier alpha value is -2.17. The van der Waals surface area contributed by atoms with Crippen molar-refractivity contribution in [1.82, 2.24) is 19.5 Å². The second-order valence-electron chi connectivity index (χ2n) is 4.88. The Balaban J connectivity index is 2.02. The Morgan fingerprint density at radius 3 is 3.05 bits per heavy atom. The first-order chi connectivity index (χ1) is 10.2. The molecule has 2 aromatic heterocycles. The van der Waals surface area contributed by atoms with Gasteiger partial charge >= 0.3 is 0 Å². The molecule has 21 heavy (non-hydrogen) atoms. The molecule has 3 N–H and O–H groups in total. The van der Waals surface area contributed by atoms with Crippen molar-refractivity contribution >= 4 is 17.0 Å². The highest BCUT2D eigenvalue weighted by molar-refractivity contribution is 5.82. The largest absolute Gasteiger partial charge is 0.394 e. The van der Waals surface area contributed by atoms with E-state index in [1.807, 2.05) is 11.5 Å². The minimum Gasteiger partial charge on any atom is -0.394 e. The maximum absolute atomic E-state index is 9.17. The van der Waals surface area contributed by atoms with Crippen LogP contribution in [0.15, 0.2) is 6.33 Å². The molecule has 110 valence electrons. The third-order valence-electron chi connectivity index (χ3n) is 3.42. The van der Waals surface area contributed by atoms with Gasteiger partial charge in [0.15, 0.2) is 11.5 Å². The van der Waals surface area contributed by atoms with Crippen LogP contribution in [-0.2, 0) is 4.74 Å². The van der Waals surface area contributed by atoms with E-state index in [1.54, 1.807) is 6.33 Å². The first-order valence-electron chi connectivity index (χ1n) is 6.98. The molecular weight excluding hydrogens is 270 g/mol. The Labute approximate surface area is 122 Å². The number of nitrogen functional groups attached to an aromatic ring is 1. The van der Waals surface area contributed by atoms with Gasteiger partial charge in [0.05, 0.1) is 19.0 Å². The maximum Gasteiger partial charge on any atom is 0.208 e. The van der Waals surface area contributed by atoms with Gasteiger partial charge in [-0.15, -0.1) is 0 Å². The second kappa shape index (κ2) is 5.68. The minimum absolute atomic E-state index is 0.0213. The summed E-state index contributed by atoms with van der Waals surface area (Å²) < 4.78 is 7.59. The monoisotopic (exact) mass is 287 g/mol. The molecule has 1 fully saturated rings. The zero-order chi connectivity index (χ0) is 14.8. The minimum atomic E-state index is -0.187. The molecule has 2 unspecified atom stereocenters. The number of aliphatic hydroxyl groups is 1. The first-order valence-corrected chi connectivity index (χ1v) is 6.98. The van der Waals surface area contributed by atoms with Gasteiger partial charge in [-0.05, 0) is 18.8 Å². The Morgan fingerprint density at radius 1 is 1.48 bits per heavy atom. The molecule has 0 aromatic carbocycles. The predicted octanol–water partition coefficient (Wildman–Crippen LogP) is 0.840. The number of fused-ring (bicyclic) bond motifs is 1. The van der Waals surface area contributed by atoms with Crippen molar-refractivity contribution in [2.24, 2.45) is 0 Å². The van der Waals surface area contributed by atoms with E-state index in [0.717, 1.165) is 19.3 Å². The number of nitrogens with two attached hydrogens (primary N) is 1. The number of hydrogen-bond donors (Lipinski definition) is 2. The molecule has 0 spiro atoms. The average Bonchev–Trinajstić information content (AvgIpc) is 3.11. The molecule has 1 aliphatic rings. The molecule has 1 saturated heterocycles. The van der Waals surface area contributed by atoms with Crippen molar-refractivity contribution in [3.63, 3.8) is 0 Å². The summed E-state index contributed by atoms with van der Waals surface area (Å²) in [6, 6.07) is 0. The highest BCUT2D eigenvalue weighted by Crippen LogP contribution is 2.30. The summed E-state index contributed by atoms with van der Waals surface area (Å²) in [4.78, 5) is 12.8. The number of anilines is 1. The molecule has 3 heterocycles. The summed E-state index contributed by atoms with van der Waals surface area (Å²) in [6.07, 6.45) is 3.67. The number of rotatable bonds is 2. The van der Waals surface area contributed by atoms with E-state index in [0.29, 0.717) is 22.8 Å². The van der Waals surface area contributed by atoms with Gasteiger partial charge in [0.1, 0.15) is 11.7 Å². The molecule has 1 aliphatic heterocycles. The van der Waals surface area contributed by atoms with Gasteiger partial charge in [0, 0.05) is 6.42 Å². The fourth-order valence-corrected chi connectivity index (χ4v) is 2.40. The molecule has 2 aromatic rings. The zero-order valence-corrected chi connectivity index (χ0v) is 11.8. The molecule has 0 saturated carbocycles. The van der Waals surface area contributed by atoms with E-state index in [-0.39, 0.29) is 18.9 Å². The van der Waals surface area contributed by atoms with Crippen LogP contribution < -0.4 is 5.73 Å². The zero-order valence-electron chi connectivity index (χ0n) is 11.8. The molecule has 7 heteroatoms. The highest BCUT2D eigenvalue weighted by atomic mass is 16.5. The summed E-state index contributed by atoms with van der Waals surface area (Å²) in [6.45, 7) is 1.98. The van der Waals surface area contributed by atoms with Crippen LogP contribution in [-0.4, -0.2) is 37.3 Å². The van der Waals surface area contributed by atoms with Gasteiger partial charge in [-0.1, -0.05) is 12.8 Å². The van der Waals surface area contributed by atoms with Crippen LogP contribution in [0, 0.1) is 11.8 Å². The maximum atomic E-state index is 9.17. The van der Waals surface area contributed by atoms with Crippen molar-refractivity contribution < 1.29 is 9.84 Å². The normalized spacial score (nSPS) is 21.4. The van der Waals surface area contributed by atoms with Crippen LogP contribution in [0.3, 0.4) is 0 Å². The van der Waals surface area contributed by atoms with Crippen molar-refractivity contribution in [3.05, 3.63) is 12.2 Å². The standard InChI is InChI=1S/C14H17N5O2/c1-2-3-4-10-17-13(15)12-14(18-10)19(8-16-12)11-6-5-9(7-20)21-11/h8-9,11,20H,2,5-7H2,1H3,(H2,15,17,18). The van der Waals surface area contributed by atoms with Crippen molar-refractivity contribution in [1.29, 1.82) is 0 Å². The quantitative estimate of drug-likeness (QED) is 0.794. The van der Waals surface area contributed by atoms with Gasteiger partial charge in [0.25, 0.3) is 0 Å². The van der Waals surface area contributed by atoms with Gasteiger partial charge < -0.3 is 15.6 Å². The second-order valence-corrected chi connectivity index (χ2v) is 4.88. The Kier molecular flexibility index (Phi) is 3.73. The lowest BCUT2D eigenvalue weighted by Gasteiger charge is -2.13. The molecule has 3 rings (SSSR count). The third kappa shape index (κ3) is 2.55. The van der Waals surface area contributed by atoms with Crippen molar-refractivity contribution in [3.8, 4) is 11.8 Å². The Morgan fingerprint density at radius 2 is 2.33 bits per heavy atom. The van der Waals surface area contributed by atoms with Crippen molar-refractivity contribution in [2.75, 3.05) is 12.3 Å². The van der Waals surface area contributed by atoms with Crippen LogP contribution in [0.2, 0.25) is 0 Å². The van der Waals surface area contributed by atoms with E-state index < -0.39 is 0 Å². The van der Waals surface area contributed by atoms with E-state index in [9.17, 15) is 0 Å². The van der Waals surface area contributed by atoms with Crippen LogP contribution in [0.1, 0.15) is 38.2 Å². The molecule has 7 nitrogen and oxygen atoms in total. The summed E-state index contributed by atoms with van der Waals surface area (Å²) in [5, 5.41) is 9.17. The van der Waals surface area contributed by atoms with Crippen LogP contribution in [0.25, 0.3) is 11.2 Å². The Bertz CT molecular complexity index is 715. The number of hydrogen-bond acceptors (Lipinski definition) is 6. The molecule has 0 radical (unpaired) electrons. The fourth-order valence-electron chi connectivity index (χ4n) is 2.40. The number of imidazole rings is 1. The summed E-state index contributed by atoms with van der Waals surface area (Å²) in [5.41, 5.74) is 7.08. The van der Waals surface area contributed by atoms with E-state index in [1.165, 1.54) is 0 Å². The van der Waals surface area contributed by atoms with Gasteiger partial charge in [-0.2, -0.15) is 0 Å². The topological polar surface area (TPSA) is 99.1 Å². The van der Waals surface area contributed by atoms with Crippen LogP contribution >= 0.6 is 0 Å². The first kappa shape index (κ1) is 13.8. The molecule has 0 amide bonds. The summed E-state index contributed by atoms with van der Waals surface area (Å²) in [5.74, 6) is 6.51. The predicted molar refractivity (Wildman–Crippen MR) is 77.1 cm³/mol. The smallest absolute Gasteiger partial charge is 0.208 e. The molecule has 0 aliphatic carbocycles. The lowest BCUT2D eigenvalue weighted by atomic mass is 10.2. The fraction of sp³-hybridized carbons (Fsp3) is 0.500. The number of nitrogens with zero attached hydrogens (tertiary/aromatic N) is 4. The lowest BCUT2D eigenvalue weighted by Crippen LogP contribution is -2.14. The summed E-state index contributed by atoms with van der Waals surface area (Å²) >= 11 is 0. The van der Waals surface area contributed by atoms with Gasteiger partial charge in [-0.25, -0.2) is 15.0 Å². The average molecular weight is 287 g/mol. The van der Waals surface area contributed by atoms with Crippen molar-refractivity contribution in [2.45, 2.75) is 38.5 Å². The summed E-state index contributed by atoms with van der Waals surface area (Å²) in [7, 11) is 0. The van der Waals surface area contributed by atoms with E-state index in [4.69, 9.17) is 15.6 Å².